The lowest BCUT2D eigenvalue weighted by molar-refractivity contribution is 0.181. The molecule has 0 spiro atoms. The van der Waals surface area contributed by atoms with Gasteiger partial charge in [0, 0.05) is 37.5 Å². The predicted octanol–water partition coefficient (Wildman–Crippen LogP) is 2.54. The maximum Gasteiger partial charge on any atom is 0.273 e. The van der Waals surface area contributed by atoms with Crippen molar-refractivity contribution in [3.05, 3.63) is 64.3 Å². The zero-order valence-corrected chi connectivity index (χ0v) is 14.9. The first-order valence-corrected chi connectivity index (χ1v) is 8.26. The van der Waals surface area contributed by atoms with Crippen LogP contribution in [0.1, 0.15) is 11.3 Å². The highest BCUT2D eigenvalue weighted by Gasteiger charge is 2.18. The molecule has 0 aliphatic heterocycles. The Morgan fingerprint density at radius 3 is 2.62 bits per heavy atom. The summed E-state index contributed by atoms with van der Waals surface area (Å²) < 4.78 is 8.46. The van der Waals surface area contributed by atoms with Crippen molar-refractivity contribution in [1.82, 2.24) is 24.4 Å². The number of aromatic nitrogens is 5. The molecule has 0 amide bonds. The summed E-state index contributed by atoms with van der Waals surface area (Å²) >= 11 is 0. The molecule has 4 rings (SSSR count). The van der Waals surface area contributed by atoms with Gasteiger partial charge in [-0.05, 0) is 12.5 Å². The smallest absolute Gasteiger partial charge is 0.273 e. The van der Waals surface area contributed by atoms with E-state index in [1.165, 1.54) is 16.1 Å². The lowest BCUT2D eigenvalue weighted by Crippen LogP contribution is -2.14. The van der Waals surface area contributed by atoms with Crippen LogP contribution in [0.25, 0.3) is 28.0 Å². The average molecular weight is 349 g/mol. The molecule has 132 valence electrons. The van der Waals surface area contributed by atoms with Gasteiger partial charge >= 0.3 is 0 Å². The summed E-state index contributed by atoms with van der Waals surface area (Å²) in [6, 6.07) is 9.65. The molecule has 0 aliphatic carbocycles. The second-order valence-corrected chi connectivity index (χ2v) is 6.31. The summed E-state index contributed by atoms with van der Waals surface area (Å²) in [5, 5.41) is 7.29. The van der Waals surface area contributed by atoms with Crippen molar-refractivity contribution in [1.29, 1.82) is 0 Å². The number of H-pyrrole nitrogens is 1. The normalized spacial score (nSPS) is 11.3. The first kappa shape index (κ1) is 16.3. The number of fused-ring (bicyclic) bond motifs is 1. The van der Waals surface area contributed by atoms with Gasteiger partial charge in [0.15, 0.2) is 5.65 Å². The Kier molecular flexibility index (Phi) is 3.93. The lowest BCUT2D eigenvalue weighted by Gasteiger charge is -2.04. The molecular formula is C19H19N5O2. The van der Waals surface area contributed by atoms with Crippen molar-refractivity contribution in [2.24, 2.45) is 7.05 Å². The molecule has 0 radical (unpaired) electrons. The molecule has 0 bridgehead atoms. The number of aromatic amines is 1. The van der Waals surface area contributed by atoms with Gasteiger partial charge in [-0.1, -0.05) is 29.8 Å². The molecule has 1 aromatic carbocycles. The summed E-state index contributed by atoms with van der Waals surface area (Å²) in [7, 11) is 3.46. The fourth-order valence-corrected chi connectivity index (χ4v) is 3.06. The van der Waals surface area contributed by atoms with E-state index >= 15 is 0 Å². The van der Waals surface area contributed by atoms with Gasteiger partial charge in [0.1, 0.15) is 0 Å². The van der Waals surface area contributed by atoms with E-state index < -0.39 is 0 Å². The summed E-state index contributed by atoms with van der Waals surface area (Å²) in [4.78, 5) is 17.4. The van der Waals surface area contributed by atoms with E-state index in [-0.39, 0.29) is 5.56 Å². The monoisotopic (exact) mass is 349 g/mol. The van der Waals surface area contributed by atoms with Crippen LogP contribution in [0, 0.1) is 6.92 Å². The fourth-order valence-electron chi connectivity index (χ4n) is 3.06. The van der Waals surface area contributed by atoms with Crippen LogP contribution in [0.15, 0.2) is 47.5 Å². The fraction of sp³-hybridized carbons (Fsp3) is 0.211. The number of nitrogens with zero attached hydrogens (tertiary/aromatic N) is 4. The van der Waals surface area contributed by atoms with Crippen molar-refractivity contribution in [3.8, 4) is 22.4 Å². The van der Waals surface area contributed by atoms with Crippen LogP contribution in [0.2, 0.25) is 0 Å². The van der Waals surface area contributed by atoms with Crippen molar-refractivity contribution in [3.63, 3.8) is 0 Å². The number of hydrogen-bond donors (Lipinski definition) is 1. The third-order valence-corrected chi connectivity index (χ3v) is 4.32. The molecule has 7 nitrogen and oxygen atoms in total. The number of nitrogens with one attached hydrogen (secondary N) is 1. The van der Waals surface area contributed by atoms with E-state index in [9.17, 15) is 4.79 Å². The first-order valence-electron chi connectivity index (χ1n) is 8.26. The second kappa shape index (κ2) is 6.27. The molecule has 0 saturated heterocycles. The molecule has 26 heavy (non-hydrogen) atoms. The van der Waals surface area contributed by atoms with Crippen molar-refractivity contribution < 1.29 is 4.74 Å². The van der Waals surface area contributed by atoms with Gasteiger partial charge in [0.25, 0.3) is 5.56 Å². The Hall–Kier alpha value is -3.19. The van der Waals surface area contributed by atoms with E-state index in [0.717, 1.165) is 22.4 Å². The second-order valence-electron chi connectivity index (χ2n) is 6.31. The molecule has 1 N–H and O–H groups in total. The minimum absolute atomic E-state index is 0.176. The van der Waals surface area contributed by atoms with Crippen LogP contribution < -0.4 is 5.56 Å². The molecule has 7 heteroatoms. The van der Waals surface area contributed by atoms with Gasteiger partial charge in [-0.15, -0.1) is 0 Å². The summed E-state index contributed by atoms with van der Waals surface area (Å²) in [6.45, 7) is 2.40. The maximum absolute atomic E-state index is 12.7. The Morgan fingerprint density at radius 1 is 1.19 bits per heavy atom. The molecular weight excluding hydrogens is 330 g/mol. The lowest BCUT2D eigenvalue weighted by atomic mass is 10.0. The van der Waals surface area contributed by atoms with Crippen LogP contribution in [-0.2, 0) is 18.4 Å². The predicted molar refractivity (Wildman–Crippen MR) is 98.9 cm³/mol. The van der Waals surface area contributed by atoms with E-state index in [2.05, 4.69) is 10.2 Å². The summed E-state index contributed by atoms with van der Waals surface area (Å²) in [6.07, 6.45) is 3.54. The number of aryl methyl sites for hydroxylation is 2. The van der Waals surface area contributed by atoms with Gasteiger partial charge in [0.05, 0.1) is 24.2 Å². The zero-order chi connectivity index (χ0) is 18.3. The third-order valence-electron chi connectivity index (χ3n) is 4.32. The van der Waals surface area contributed by atoms with Crippen LogP contribution in [-0.4, -0.2) is 31.5 Å². The highest BCUT2D eigenvalue weighted by atomic mass is 16.5. The van der Waals surface area contributed by atoms with Gasteiger partial charge in [-0.2, -0.15) is 5.10 Å². The van der Waals surface area contributed by atoms with Gasteiger partial charge in [-0.25, -0.2) is 9.50 Å². The quantitative estimate of drug-likeness (QED) is 0.614. The van der Waals surface area contributed by atoms with E-state index in [0.29, 0.717) is 17.9 Å². The Balaban J connectivity index is 2.00. The van der Waals surface area contributed by atoms with Crippen LogP contribution in [0.5, 0.6) is 0 Å². The number of hydrogen-bond acceptors (Lipinski definition) is 4. The van der Waals surface area contributed by atoms with Crippen LogP contribution in [0.4, 0.5) is 0 Å². The van der Waals surface area contributed by atoms with Crippen molar-refractivity contribution >= 4 is 5.65 Å². The molecule has 0 fully saturated rings. The first-order chi connectivity index (χ1) is 12.6. The molecule has 3 heterocycles. The standard InChI is InChI=1S/C19H19N5O2/c1-12-4-6-13(7-5-12)18-16(11-26-3)22-24-17(25)8-15(21-19(18)24)14-9-20-23(2)10-14/h4-10,22H,11H2,1-3H3. The molecule has 4 aromatic rings. The van der Waals surface area contributed by atoms with Crippen LogP contribution >= 0.6 is 0 Å². The molecule has 0 unspecified atom stereocenters. The number of ether oxygens (including phenoxy) is 1. The Labute approximate surface area is 149 Å². The van der Waals surface area contributed by atoms with Crippen molar-refractivity contribution in [2.75, 3.05) is 7.11 Å². The Morgan fingerprint density at radius 2 is 1.96 bits per heavy atom. The number of benzene rings is 1. The highest BCUT2D eigenvalue weighted by Crippen LogP contribution is 2.29. The van der Waals surface area contributed by atoms with Gasteiger partial charge < -0.3 is 4.74 Å². The van der Waals surface area contributed by atoms with Crippen LogP contribution in [0.3, 0.4) is 0 Å². The summed E-state index contributed by atoms with van der Waals surface area (Å²) in [5.74, 6) is 0. The minimum Gasteiger partial charge on any atom is -0.378 e. The number of methoxy groups -OCH3 is 1. The van der Waals surface area contributed by atoms with E-state index in [4.69, 9.17) is 9.72 Å². The topological polar surface area (TPSA) is 77.2 Å². The molecule has 0 aliphatic rings. The largest absolute Gasteiger partial charge is 0.378 e. The minimum atomic E-state index is -0.176. The third kappa shape index (κ3) is 2.72. The Bertz CT molecular complexity index is 1140. The van der Waals surface area contributed by atoms with E-state index in [1.807, 2.05) is 44.4 Å². The SMILES string of the molecule is COCc1[nH]n2c(=O)cc(-c3cnn(C)c3)nc2c1-c1ccc(C)cc1. The van der Waals surface area contributed by atoms with Crippen molar-refractivity contribution in [2.45, 2.75) is 13.5 Å². The average Bonchev–Trinajstić information content (AvgIpc) is 3.20. The highest BCUT2D eigenvalue weighted by molar-refractivity contribution is 5.81. The maximum atomic E-state index is 12.7. The number of rotatable bonds is 4. The molecule has 0 atom stereocenters. The van der Waals surface area contributed by atoms with Gasteiger partial charge in [0.2, 0.25) is 0 Å². The zero-order valence-electron chi connectivity index (χ0n) is 14.9. The summed E-state index contributed by atoms with van der Waals surface area (Å²) in [5.41, 5.74) is 5.63. The molecule has 0 saturated carbocycles. The molecule has 3 aromatic heterocycles. The van der Waals surface area contributed by atoms with E-state index in [1.54, 1.807) is 18.0 Å². The van der Waals surface area contributed by atoms with Gasteiger partial charge in [-0.3, -0.25) is 14.6 Å².